The first-order chi connectivity index (χ1) is 9.83. The number of carbonyl (C=O) groups is 1. The van der Waals surface area contributed by atoms with Gasteiger partial charge in [0.25, 0.3) is 10.0 Å². The van der Waals surface area contributed by atoms with Crippen molar-refractivity contribution in [2.45, 2.75) is 25.7 Å². The molecule has 2 rings (SSSR count). The second kappa shape index (κ2) is 5.69. The summed E-state index contributed by atoms with van der Waals surface area (Å²) in [6.45, 7) is 5.52. The maximum absolute atomic E-state index is 12.4. The summed E-state index contributed by atoms with van der Waals surface area (Å²) in [5, 5.41) is 0. The van der Waals surface area contributed by atoms with Gasteiger partial charge in [-0.3, -0.25) is 9.52 Å². The monoisotopic (exact) mass is 303 g/mol. The lowest BCUT2D eigenvalue weighted by Crippen LogP contribution is -2.14. The van der Waals surface area contributed by atoms with Crippen LogP contribution in [0.3, 0.4) is 0 Å². The fraction of sp³-hybridized carbons (Fsp3) is 0.188. The smallest absolute Gasteiger partial charge is 0.261 e. The van der Waals surface area contributed by atoms with Gasteiger partial charge in [0.05, 0.1) is 10.6 Å². The van der Waals surface area contributed by atoms with Crippen LogP contribution < -0.4 is 4.72 Å². The van der Waals surface area contributed by atoms with Gasteiger partial charge in [0.1, 0.15) is 0 Å². The number of hydrogen-bond donors (Lipinski definition) is 1. The molecule has 0 amide bonds. The van der Waals surface area contributed by atoms with Crippen molar-refractivity contribution >= 4 is 22.0 Å². The molecular weight excluding hydrogens is 286 g/mol. The van der Waals surface area contributed by atoms with Gasteiger partial charge >= 0.3 is 0 Å². The minimum Gasteiger partial charge on any atom is -0.298 e. The summed E-state index contributed by atoms with van der Waals surface area (Å²) < 4.78 is 27.2. The molecule has 0 fully saturated rings. The summed E-state index contributed by atoms with van der Waals surface area (Å²) in [7, 11) is -3.71. The van der Waals surface area contributed by atoms with Crippen molar-refractivity contribution in [1.82, 2.24) is 0 Å². The van der Waals surface area contributed by atoms with Gasteiger partial charge in [-0.05, 0) is 50.1 Å². The number of sulfonamides is 1. The van der Waals surface area contributed by atoms with Crippen molar-refractivity contribution in [2.24, 2.45) is 0 Å². The van der Waals surface area contributed by atoms with Crippen LogP contribution in [0.1, 0.15) is 27.0 Å². The molecule has 0 aromatic heterocycles. The van der Waals surface area contributed by atoms with E-state index >= 15 is 0 Å². The summed E-state index contributed by atoms with van der Waals surface area (Å²) in [4.78, 5) is 11.4. The Morgan fingerprint density at radius 2 is 1.57 bits per heavy atom. The quantitative estimate of drug-likeness (QED) is 0.882. The Kier molecular flexibility index (Phi) is 4.14. The number of benzene rings is 2. The summed E-state index contributed by atoms with van der Waals surface area (Å²) >= 11 is 0. The van der Waals surface area contributed by atoms with Gasteiger partial charge in [-0.2, -0.15) is 0 Å². The molecular formula is C16H17NO3S. The van der Waals surface area contributed by atoms with Gasteiger partial charge in [0, 0.05) is 5.56 Å². The lowest BCUT2D eigenvalue weighted by Gasteiger charge is -2.13. The third kappa shape index (κ3) is 3.31. The van der Waals surface area contributed by atoms with Crippen LogP contribution in [0, 0.1) is 20.8 Å². The first-order valence-corrected chi connectivity index (χ1v) is 7.98. The average molecular weight is 303 g/mol. The van der Waals surface area contributed by atoms with Gasteiger partial charge in [-0.25, -0.2) is 8.42 Å². The van der Waals surface area contributed by atoms with E-state index in [1.54, 1.807) is 37.3 Å². The van der Waals surface area contributed by atoms with Crippen LogP contribution in [0.25, 0.3) is 0 Å². The van der Waals surface area contributed by atoms with Crippen LogP contribution in [0.4, 0.5) is 5.69 Å². The minimum atomic E-state index is -3.71. The molecule has 0 unspecified atom stereocenters. The van der Waals surface area contributed by atoms with Gasteiger partial charge in [0.15, 0.2) is 6.29 Å². The van der Waals surface area contributed by atoms with Crippen molar-refractivity contribution in [2.75, 3.05) is 4.72 Å². The van der Waals surface area contributed by atoms with Gasteiger partial charge in [-0.1, -0.05) is 23.8 Å². The predicted octanol–water partition coefficient (Wildman–Crippen LogP) is 3.23. The minimum absolute atomic E-state index is 0.170. The first kappa shape index (κ1) is 15.3. The fourth-order valence-electron chi connectivity index (χ4n) is 2.14. The summed E-state index contributed by atoms with van der Waals surface area (Å²) in [6.07, 6.45) is 0.668. The number of carbonyl (C=O) groups excluding carboxylic acids is 1. The van der Waals surface area contributed by atoms with Crippen LogP contribution in [-0.4, -0.2) is 14.7 Å². The lowest BCUT2D eigenvalue weighted by molar-refractivity contribution is 0.112. The average Bonchev–Trinajstić information content (AvgIpc) is 2.38. The van der Waals surface area contributed by atoms with Crippen molar-refractivity contribution in [1.29, 1.82) is 0 Å². The number of hydrogen-bond acceptors (Lipinski definition) is 3. The molecule has 0 saturated carbocycles. The zero-order valence-electron chi connectivity index (χ0n) is 12.2. The molecule has 1 N–H and O–H groups in total. The molecule has 5 heteroatoms. The largest absolute Gasteiger partial charge is 0.298 e. The highest BCUT2D eigenvalue weighted by Gasteiger charge is 2.17. The van der Waals surface area contributed by atoms with E-state index < -0.39 is 10.0 Å². The molecule has 0 atom stereocenters. The van der Waals surface area contributed by atoms with E-state index in [2.05, 4.69) is 4.72 Å². The summed E-state index contributed by atoms with van der Waals surface area (Å²) in [5.41, 5.74) is 3.28. The van der Waals surface area contributed by atoms with Gasteiger partial charge < -0.3 is 0 Å². The van der Waals surface area contributed by atoms with E-state index in [0.29, 0.717) is 17.5 Å². The van der Waals surface area contributed by atoms with Crippen LogP contribution in [0.2, 0.25) is 0 Å². The Hall–Kier alpha value is -2.14. The molecule has 0 aliphatic rings. The number of aldehydes is 1. The van der Waals surface area contributed by atoms with E-state index in [1.807, 2.05) is 19.9 Å². The maximum atomic E-state index is 12.4. The molecule has 0 aliphatic carbocycles. The third-order valence-electron chi connectivity index (χ3n) is 3.22. The highest BCUT2D eigenvalue weighted by atomic mass is 32.2. The SMILES string of the molecule is Cc1ccc(S(=O)(=O)Nc2cc(C)cc(C)c2C=O)cc1. The van der Waals surface area contributed by atoms with E-state index in [0.717, 1.165) is 16.7 Å². The Morgan fingerprint density at radius 1 is 0.952 bits per heavy atom. The zero-order chi connectivity index (χ0) is 15.6. The van der Waals surface area contributed by atoms with E-state index in [1.165, 1.54) is 0 Å². The highest BCUT2D eigenvalue weighted by Crippen LogP contribution is 2.23. The zero-order valence-corrected chi connectivity index (χ0v) is 13.0. The Balaban J connectivity index is 2.46. The van der Waals surface area contributed by atoms with E-state index in [4.69, 9.17) is 0 Å². The van der Waals surface area contributed by atoms with Crippen molar-refractivity contribution in [3.8, 4) is 0 Å². The molecule has 0 spiro atoms. The Labute approximate surface area is 124 Å². The Bertz CT molecular complexity index is 778. The molecule has 0 radical (unpaired) electrons. The fourth-order valence-corrected chi connectivity index (χ4v) is 3.21. The van der Waals surface area contributed by atoms with Crippen LogP contribution in [-0.2, 0) is 10.0 Å². The van der Waals surface area contributed by atoms with Gasteiger partial charge in [0.2, 0.25) is 0 Å². The number of nitrogens with one attached hydrogen (secondary N) is 1. The lowest BCUT2D eigenvalue weighted by atomic mass is 10.0. The highest BCUT2D eigenvalue weighted by molar-refractivity contribution is 7.92. The third-order valence-corrected chi connectivity index (χ3v) is 4.61. The second-order valence-electron chi connectivity index (χ2n) is 5.08. The number of aryl methyl sites for hydroxylation is 3. The summed E-state index contributed by atoms with van der Waals surface area (Å²) in [5.74, 6) is 0. The second-order valence-corrected chi connectivity index (χ2v) is 6.76. The topological polar surface area (TPSA) is 63.2 Å². The molecule has 2 aromatic carbocycles. The first-order valence-electron chi connectivity index (χ1n) is 6.49. The van der Waals surface area contributed by atoms with E-state index in [9.17, 15) is 13.2 Å². The van der Waals surface area contributed by atoms with E-state index in [-0.39, 0.29) is 4.90 Å². The van der Waals surface area contributed by atoms with Crippen LogP contribution in [0.5, 0.6) is 0 Å². The normalized spacial score (nSPS) is 11.2. The molecule has 0 heterocycles. The maximum Gasteiger partial charge on any atom is 0.261 e. The summed E-state index contributed by atoms with van der Waals surface area (Å²) in [6, 6.07) is 10.0. The molecule has 0 aliphatic heterocycles. The molecule has 0 saturated heterocycles. The Morgan fingerprint density at radius 3 is 2.14 bits per heavy atom. The molecule has 0 bridgehead atoms. The van der Waals surface area contributed by atoms with Crippen LogP contribution in [0.15, 0.2) is 41.3 Å². The number of anilines is 1. The molecule has 21 heavy (non-hydrogen) atoms. The van der Waals surface area contributed by atoms with Crippen molar-refractivity contribution in [3.05, 3.63) is 58.7 Å². The predicted molar refractivity (Wildman–Crippen MR) is 83.3 cm³/mol. The molecule has 110 valence electrons. The number of rotatable bonds is 4. The molecule has 4 nitrogen and oxygen atoms in total. The van der Waals surface area contributed by atoms with Crippen molar-refractivity contribution in [3.63, 3.8) is 0 Å². The van der Waals surface area contributed by atoms with Crippen LogP contribution >= 0.6 is 0 Å². The van der Waals surface area contributed by atoms with Crippen molar-refractivity contribution < 1.29 is 13.2 Å². The standard InChI is InChI=1S/C16H17NO3S/c1-11-4-6-14(7-5-11)21(19,20)17-16-9-12(2)8-13(3)15(16)10-18/h4-10,17H,1-3H3. The van der Waals surface area contributed by atoms with Gasteiger partial charge in [-0.15, -0.1) is 0 Å². The molecule has 2 aromatic rings.